The molecule has 6 heteroatoms. The summed E-state index contributed by atoms with van der Waals surface area (Å²) >= 11 is 5.44. The summed E-state index contributed by atoms with van der Waals surface area (Å²) in [7, 11) is 0. The van der Waals surface area contributed by atoms with Crippen molar-refractivity contribution in [3.63, 3.8) is 0 Å². The van der Waals surface area contributed by atoms with E-state index in [0.717, 1.165) is 23.9 Å². The summed E-state index contributed by atoms with van der Waals surface area (Å²) in [4.78, 5) is 0. The first kappa shape index (κ1) is 16.2. The summed E-state index contributed by atoms with van der Waals surface area (Å²) in [5, 5.41) is 0.128. The van der Waals surface area contributed by atoms with E-state index < -0.39 is 11.7 Å². The molecule has 0 atom stereocenters. The molecule has 0 bridgehead atoms. The summed E-state index contributed by atoms with van der Waals surface area (Å²) in [5.41, 5.74) is 11.8. The third-order valence-corrected chi connectivity index (χ3v) is 2.74. The van der Waals surface area contributed by atoms with Crippen LogP contribution in [-0.2, 0) is 6.18 Å². The van der Waals surface area contributed by atoms with Gasteiger partial charge in [-0.15, -0.1) is 0 Å². The zero-order chi connectivity index (χ0) is 15.3. The Labute approximate surface area is 120 Å². The van der Waals surface area contributed by atoms with Crippen LogP contribution in [0.15, 0.2) is 42.5 Å². The van der Waals surface area contributed by atoms with Crippen molar-refractivity contribution in [2.45, 2.75) is 13.1 Å². The third-order valence-electron chi connectivity index (χ3n) is 2.40. The van der Waals surface area contributed by atoms with Gasteiger partial charge in [0, 0.05) is 5.69 Å². The maximum Gasteiger partial charge on any atom is 0.416 e. The van der Waals surface area contributed by atoms with Gasteiger partial charge >= 0.3 is 6.18 Å². The van der Waals surface area contributed by atoms with Crippen LogP contribution in [0.2, 0.25) is 5.02 Å². The molecule has 4 N–H and O–H groups in total. The van der Waals surface area contributed by atoms with E-state index in [0.29, 0.717) is 0 Å². The lowest BCUT2D eigenvalue weighted by atomic mass is 10.2. The van der Waals surface area contributed by atoms with Gasteiger partial charge in [0.05, 0.1) is 16.3 Å². The SMILES string of the molecule is Cc1ccc(N)cc1.Nc1cc(C(F)(F)F)ccc1Cl. The van der Waals surface area contributed by atoms with Crippen LogP contribution in [-0.4, -0.2) is 0 Å². The number of alkyl halides is 3. The van der Waals surface area contributed by atoms with E-state index >= 15 is 0 Å². The van der Waals surface area contributed by atoms with Crippen molar-refractivity contribution < 1.29 is 13.2 Å². The largest absolute Gasteiger partial charge is 0.416 e. The fourth-order valence-electron chi connectivity index (χ4n) is 1.29. The number of nitrogen functional groups attached to an aromatic ring is 2. The van der Waals surface area contributed by atoms with Gasteiger partial charge in [-0.25, -0.2) is 0 Å². The van der Waals surface area contributed by atoms with Crippen molar-refractivity contribution in [2.75, 3.05) is 11.5 Å². The maximum absolute atomic E-state index is 12.0. The van der Waals surface area contributed by atoms with E-state index in [9.17, 15) is 13.2 Å². The second-order valence-electron chi connectivity index (χ2n) is 4.14. The number of halogens is 4. The molecule has 2 aromatic rings. The molecular formula is C14H14ClF3N2. The fraction of sp³-hybridized carbons (Fsp3) is 0.143. The van der Waals surface area contributed by atoms with Gasteiger partial charge in [0.1, 0.15) is 0 Å². The first-order valence-corrected chi connectivity index (χ1v) is 6.02. The van der Waals surface area contributed by atoms with E-state index in [1.807, 2.05) is 31.2 Å². The fourth-order valence-corrected chi connectivity index (χ4v) is 1.40. The van der Waals surface area contributed by atoms with Crippen LogP contribution in [0.25, 0.3) is 0 Å². The van der Waals surface area contributed by atoms with Crippen molar-refractivity contribution in [3.8, 4) is 0 Å². The van der Waals surface area contributed by atoms with Crippen LogP contribution in [0.3, 0.4) is 0 Å². The maximum atomic E-state index is 12.0. The van der Waals surface area contributed by atoms with Crippen molar-refractivity contribution in [3.05, 3.63) is 58.6 Å². The zero-order valence-electron chi connectivity index (χ0n) is 10.7. The van der Waals surface area contributed by atoms with Gasteiger partial charge in [-0.3, -0.25) is 0 Å². The highest BCUT2D eigenvalue weighted by Gasteiger charge is 2.30. The van der Waals surface area contributed by atoms with Crippen molar-refractivity contribution in [1.82, 2.24) is 0 Å². The van der Waals surface area contributed by atoms with E-state index in [1.54, 1.807) is 0 Å². The molecule has 2 rings (SSSR count). The standard InChI is InChI=1S/C7H5ClF3N.C7H9N/c8-5-2-1-4(3-6(5)12)7(9,10)11;1-6-2-4-7(8)5-3-6/h1-3H,12H2;2-5H,8H2,1H3. The molecule has 0 unspecified atom stereocenters. The molecule has 0 saturated heterocycles. The Morgan fingerprint density at radius 3 is 1.90 bits per heavy atom. The summed E-state index contributed by atoms with van der Waals surface area (Å²) < 4.78 is 36.0. The lowest BCUT2D eigenvalue weighted by Gasteiger charge is -2.07. The monoisotopic (exact) mass is 302 g/mol. The lowest BCUT2D eigenvalue weighted by molar-refractivity contribution is -0.137. The van der Waals surface area contributed by atoms with E-state index in [4.69, 9.17) is 23.1 Å². The Kier molecular flexibility index (Phi) is 5.27. The number of anilines is 2. The van der Waals surface area contributed by atoms with Gasteiger partial charge in [-0.05, 0) is 37.3 Å². The Bertz CT molecular complexity index is 545. The van der Waals surface area contributed by atoms with Crippen molar-refractivity contribution in [1.29, 1.82) is 0 Å². The van der Waals surface area contributed by atoms with Crippen LogP contribution in [0, 0.1) is 6.92 Å². The first-order chi connectivity index (χ1) is 9.20. The molecule has 0 aliphatic heterocycles. The third kappa shape index (κ3) is 5.01. The predicted octanol–water partition coefficient (Wildman–Crippen LogP) is 4.52. The van der Waals surface area contributed by atoms with Gasteiger partial charge in [0.2, 0.25) is 0 Å². The number of hydrogen-bond donors (Lipinski definition) is 2. The minimum absolute atomic E-state index is 0.0634. The first-order valence-electron chi connectivity index (χ1n) is 5.64. The molecular weight excluding hydrogens is 289 g/mol. The molecule has 0 aliphatic rings. The van der Waals surface area contributed by atoms with Crippen LogP contribution in [0.4, 0.5) is 24.5 Å². The average Bonchev–Trinajstić information content (AvgIpc) is 2.36. The molecule has 0 fully saturated rings. The second kappa shape index (κ2) is 6.52. The highest BCUT2D eigenvalue weighted by atomic mass is 35.5. The topological polar surface area (TPSA) is 52.0 Å². The number of hydrogen-bond acceptors (Lipinski definition) is 2. The molecule has 0 spiro atoms. The summed E-state index contributed by atoms with van der Waals surface area (Å²) in [6, 6.07) is 10.6. The number of rotatable bonds is 0. The normalized spacial score (nSPS) is 10.7. The van der Waals surface area contributed by atoms with Crippen LogP contribution in [0.1, 0.15) is 11.1 Å². The van der Waals surface area contributed by atoms with Crippen molar-refractivity contribution in [2.24, 2.45) is 0 Å². The summed E-state index contributed by atoms with van der Waals surface area (Å²) in [6.45, 7) is 2.04. The minimum Gasteiger partial charge on any atom is -0.399 e. The molecule has 0 heterocycles. The molecule has 0 radical (unpaired) electrons. The molecule has 20 heavy (non-hydrogen) atoms. The van der Waals surface area contributed by atoms with Gasteiger partial charge in [-0.1, -0.05) is 29.3 Å². The summed E-state index contributed by atoms with van der Waals surface area (Å²) in [6.07, 6.45) is -4.36. The minimum atomic E-state index is -4.36. The molecule has 0 saturated carbocycles. The number of nitrogens with two attached hydrogens (primary N) is 2. The van der Waals surface area contributed by atoms with Crippen molar-refractivity contribution >= 4 is 23.0 Å². The average molecular weight is 303 g/mol. The zero-order valence-corrected chi connectivity index (χ0v) is 11.5. The Balaban J connectivity index is 0.000000217. The van der Waals surface area contributed by atoms with Crippen LogP contribution in [0.5, 0.6) is 0 Å². The van der Waals surface area contributed by atoms with Crippen LogP contribution >= 0.6 is 11.6 Å². The molecule has 0 amide bonds. The quantitative estimate of drug-likeness (QED) is 0.703. The molecule has 0 aromatic heterocycles. The Morgan fingerprint density at radius 1 is 0.950 bits per heavy atom. The second-order valence-corrected chi connectivity index (χ2v) is 4.55. The lowest BCUT2D eigenvalue weighted by Crippen LogP contribution is -2.05. The van der Waals surface area contributed by atoms with E-state index in [2.05, 4.69) is 0 Å². The number of aryl methyl sites for hydroxylation is 1. The predicted molar refractivity (Wildman–Crippen MR) is 76.5 cm³/mol. The Hall–Kier alpha value is -1.88. The number of benzene rings is 2. The van der Waals surface area contributed by atoms with E-state index in [1.165, 1.54) is 5.56 Å². The highest BCUT2D eigenvalue weighted by Crippen LogP contribution is 2.32. The molecule has 0 aliphatic carbocycles. The van der Waals surface area contributed by atoms with Crippen LogP contribution < -0.4 is 11.5 Å². The summed E-state index contributed by atoms with van der Waals surface area (Å²) in [5.74, 6) is 0. The van der Waals surface area contributed by atoms with E-state index in [-0.39, 0.29) is 10.7 Å². The molecule has 2 aromatic carbocycles. The highest BCUT2D eigenvalue weighted by molar-refractivity contribution is 6.33. The van der Waals surface area contributed by atoms with Gasteiger partial charge in [0.15, 0.2) is 0 Å². The smallest absolute Gasteiger partial charge is 0.399 e. The molecule has 2 nitrogen and oxygen atoms in total. The molecule has 108 valence electrons. The Morgan fingerprint density at radius 2 is 1.50 bits per heavy atom. The van der Waals surface area contributed by atoms with Gasteiger partial charge < -0.3 is 11.5 Å². The van der Waals surface area contributed by atoms with Gasteiger partial charge in [0.25, 0.3) is 0 Å². The van der Waals surface area contributed by atoms with Gasteiger partial charge in [-0.2, -0.15) is 13.2 Å².